The molecule has 0 radical (unpaired) electrons. The lowest BCUT2D eigenvalue weighted by Gasteiger charge is -2.27. The van der Waals surface area contributed by atoms with Crippen molar-refractivity contribution in [3.05, 3.63) is 23.2 Å². The number of carbonyl (C=O) groups is 2. The van der Waals surface area contributed by atoms with E-state index in [1.165, 1.54) is 0 Å². The van der Waals surface area contributed by atoms with E-state index >= 15 is 0 Å². The van der Waals surface area contributed by atoms with Gasteiger partial charge in [-0.3, -0.25) is 9.59 Å². The number of carboxylic acids is 1. The van der Waals surface area contributed by atoms with E-state index < -0.39 is 11.9 Å². The first kappa shape index (κ1) is 16.5. The lowest BCUT2D eigenvalue weighted by molar-refractivity contribution is -0.144. The van der Waals surface area contributed by atoms with Crippen molar-refractivity contribution >= 4 is 11.9 Å². The molecule has 0 aromatic carbocycles. The Balaban J connectivity index is 1.96. The van der Waals surface area contributed by atoms with E-state index in [4.69, 9.17) is 9.15 Å². The summed E-state index contributed by atoms with van der Waals surface area (Å²) >= 11 is 0. The van der Waals surface area contributed by atoms with Gasteiger partial charge in [0.25, 0.3) is 5.91 Å². The summed E-state index contributed by atoms with van der Waals surface area (Å²) in [6.07, 6.45) is 2.15. The second kappa shape index (κ2) is 7.45. The molecule has 6 heteroatoms. The van der Waals surface area contributed by atoms with Gasteiger partial charge >= 0.3 is 5.97 Å². The van der Waals surface area contributed by atoms with E-state index in [1.807, 2.05) is 13.8 Å². The summed E-state index contributed by atoms with van der Waals surface area (Å²) in [5.41, 5.74) is 0.937. The molecule has 0 saturated carbocycles. The van der Waals surface area contributed by atoms with Crippen LogP contribution in [-0.2, 0) is 16.0 Å². The smallest absolute Gasteiger partial charge is 0.308 e. The predicted octanol–water partition coefficient (Wildman–Crippen LogP) is 2.01. The number of hydrogen-bond acceptors (Lipinski definition) is 4. The SMILES string of the molecule is CCc1oc(C(=O)NCC(C(=O)O)C2CCOCC2)cc1C. The van der Waals surface area contributed by atoms with E-state index in [0.717, 1.165) is 17.7 Å². The van der Waals surface area contributed by atoms with Gasteiger partial charge in [0.05, 0.1) is 5.92 Å². The number of aryl methyl sites for hydroxylation is 2. The quantitative estimate of drug-likeness (QED) is 0.839. The van der Waals surface area contributed by atoms with Gasteiger partial charge in [-0.1, -0.05) is 6.92 Å². The predicted molar refractivity (Wildman–Crippen MR) is 79.8 cm³/mol. The Morgan fingerprint density at radius 1 is 1.41 bits per heavy atom. The minimum atomic E-state index is -0.878. The summed E-state index contributed by atoms with van der Waals surface area (Å²) < 4.78 is 10.7. The fourth-order valence-electron chi connectivity index (χ4n) is 2.85. The minimum absolute atomic E-state index is 0.0380. The van der Waals surface area contributed by atoms with Crippen LogP contribution in [0.15, 0.2) is 10.5 Å². The van der Waals surface area contributed by atoms with Gasteiger partial charge in [0.1, 0.15) is 5.76 Å². The van der Waals surface area contributed by atoms with Crippen LogP contribution in [0.3, 0.4) is 0 Å². The number of carboxylic acid groups (broad SMARTS) is 1. The molecule has 2 heterocycles. The first-order valence-electron chi connectivity index (χ1n) is 7.71. The second-order valence-electron chi connectivity index (χ2n) is 5.67. The van der Waals surface area contributed by atoms with Crippen molar-refractivity contribution in [1.82, 2.24) is 5.32 Å². The highest BCUT2D eigenvalue weighted by atomic mass is 16.5. The van der Waals surface area contributed by atoms with Crippen molar-refractivity contribution in [2.24, 2.45) is 11.8 Å². The van der Waals surface area contributed by atoms with E-state index in [-0.39, 0.29) is 24.1 Å². The Hall–Kier alpha value is -1.82. The summed E-state index contributed by atoms with van der Waals surface area (Å²) in [4.78, 5) is 23.6. The van der Waals surface area contributed by atoms with Crippen LogP contribution in [0.2, 0.25) is 0 Å². The molecule has 1 unspecified atom stereocenters. The Morgan fingerprint density at radius 3 is 2.64 bits per heavy atom. The van der Waals surface area contributed by atoms with Crippen LogP contribution in [-0.4, -0.2) is 36.7 Å². The Labute approximate surface area is 129 Å². The number of nitrogens with one attached hydrogen (secondary N) is 1. The Bertz CT molecular complexity index is 531. The molecule has 0 spiro atoms. The van der Waals surface area contributed by atoms with Crippen molar-refractivity contribution in [3.8, 4) is 0 Å². The fraction of sp³-hybridized carbons (Fsp3) is 0.625. The van der Waals surface area contributed by atoms with Crippen molar-refractivity contribution in [1.29, 1.82) is 0 Å². The summed E-state index contributed by atoms with van der Waals surface area (Å²) in [5, 5.41) is 12.1. The maximum Gasteiger partial charge on any atom is 0.308 e. The average molecular weight is 309 g/mol. The highest BCUT2D eigenvalue weighted by Gasteiger charge is 2.30. The number of ether oxygens (including phenoxy) is 1. The van der Waals surface area contributed by atoms with Crippen LogP contribution in [0.25, 0.3) is 0 Å². The number of hydrogen-bond donors (Lipinski definition) is 2. The molecular formula is C16H23NO5. The van der Waals surface area contributed by atoms with Crippen molar-refractivity contribution in [3.63, 3.8) is 0 Å². The van der Waals surface area contributed by atoms with Crippen molar-refractivity contribution in [2.45, 2.75) is 33.1 Å². The third kappa shape index (κ3) is 3.88. The maximum atomic E-state index is 12.1. The van der Waals surface area contributed by atoms with Crippen LogP contribution in [0, 0.1) is 18.8 Å². The summed E-state index contributed by atoms with van der Waals surface area (Å²) in [6.45, 7) is 5.12. The molecule has 1 aromatic rings. The van der Waals surface area contributed by atoms with Crippen molar-refractivity contribution in [2.75, 3.05) is 19.8 Å². The molecule has 1 atom stereocenters. The molecule has 1 amide bonds. The highest BCUT2D eigenvalue weighted by molar-refractivity contribution is 5.92. The maximum absolute atomic E-state index is 12.1. The van der Waals surface area contributed by atoms with Crippen LogP contribution in [0.1, 0.15) is 41.6 Å². The van der Waals surface area contributed by atoms with Gasteiger partial charge in [0.2, 0.25) is 0 Å². The normalized spacial score (nSPS) is 17.2. The van der Waals surface area contributed by atoms with Gasteiger partial charge in [0, 0.05) is 26.2 Å². The van der Waals surface area contributed by atoms with Crippen LogP contribution >= 0.6 is 0 Å². The van der Waals surface area contributed by atoms with Crippen LogP contribution < -0.4 is 5.32 Å². The number of amides is 1. The summed E-state index contributed by atoms with van der Waals surface area (Å²) in [6, 6.07) is 1.69. The molecule has 1 aromatic heterocycles. The number of aliphatic carboxylic acids is 1. The van der Waals surface area contributed by atoms with Gasteiger partial charge in [-0.05, 0) is 37.3 Å². The minimum Gasteiger partial charge on any atom is -0.481 e. The Morgan fingerprint density at radius 2 is 2.09 bits per heavy atom. The lowest BCUT2D eigenvalue weighted by Crippen LogP contribution is -2.38. The molecule has 2 rings (SSSR count). The third-order valence-corrected chi connectivity index (χ3v) is 4.20. The number of furan rings is 1. The van der Waals surface area contributed by atoms with Crippen LogP contribution in [0.5, 0.6) is 0 Å². The molecular weight excluding hydrogens is 286 g/mol. The molecule has 122 valence electrons. The summed E-state index contributed by atoms with van der Waals surface area (Å²) in [7, 11) is 0. The molecule has 6 nitrogen and oxygen atoms in total. The highest BCUT2D eigenvalue weighted by Crippen LogP contribution is 2.24. The zero-order valence-corrected chi connectivity index (χ0v) is 13.1. The van der Waals surface area contributed by atoms with E-state index in [9.17, 15) is 14.7 Å². The fourth-order valence-corrected chi connectivity index (χ4v) is 2.85. The molecule has 22 heavy (non-hydrogen) atoms. The molecule has 2 N–H and O–H groups in total. The van der Waals surface area contributed by atoms with E-state index in [1.54, 1.807) is 6.07 Å². The van der Waals surface area contributed by atoms with Gasteiger partial charge in [-0.15, -0.1) is 0 Å². The van der Waals surface area contributed by atoms with E-state index in [2.05, 4.69) is 5.32 Å². The van der Waals surface area contributed by atoms with Gasteiger partial charge in [0.15, 0.2) is 5.76 Å². The molecule has 1 saturated heterocycles. The van der Waals surface area contributed by atoms with Gasteiger partial charge < -0.3 is 19.6 Å². The number of rotatable bonds is 6. The van der Waals surface area contributed by atoms with Gasteiger partial charge in [-0.2, -0.15) is 0 Å². The second-order valence-corrected chi connectivity index (χ2v) is 5.67. The lowest BCUT2D eigenvalue weighted by atomic mass is 9.86. The average Bonchev–Trinajstić information content (AvgIpc) is 2.89. The summed E-state index contributed by atoms with van der Waals surface area (Å²) in [5.74, 6) is -0.765. The topological polar surface area (TPSA) is 88.8 Å². The largest absolute Gasteiger partial charge is 0.481 e. The van der Waals surface area contributed by atoms with Crippen LogP contribution in [0.4, 0.5) is 0 Å². The first-order valence-corrected chi connectivity index (χ1v) is 7.71. The van der Waals surface area contributed by atoms with Gasteiger partial charge in [-0.25, -0.2) is 0 Å². The molecule has 1 aliphatic rings. The van der Waals surface area contributed by atoms with E-state index in [0.29, 0.717) is 26.1 Å². The Kier molecular flexibility index (Phi) is 5.60. The molecule has 0 bridgehead atoms. The zero-order valence-electron chi connectivity index (χ0n) is 13.1. The zero-order chi connectivity index (χ0) is 16.1. The number of carbonyl (C=O) groups excluding carboxylic acids is 1. The monoisotopic (exact) mass is 309 g/mol. The third-order valence-electron chi connectivity index (χ3n) is 4.20. The molecule has 1 aliphatic heterocycles. The first-order chi connectivity index (χ1) is 10.5. The standard InChI is InChI=1S/C16H23NO5/c1-3-13-10(2)8-14(22-13)15(18)17-9-12(16(19)20)11-4-6-21-7-5-11/h8,11-12H,3-7,9H2,1-2H3,(H,17,18)(H,19,20). The molecule has 0 aliphatic carbocycles. The van der Waals surface area contributed by atoms with Crippen molar-refractivity contribution < 1.29 is 23.8 Å². The molecule has 1 fully saturated rings.